The molecular formula is C26H33N3O3S. The average molecular weight is 468 g/mol. The van der Waals surface area contributed by atoms with E-state index >= 15 is 0 Å². The second-order valence-corrected chi connectivity index (χ2v) is 11.1. The summed E-state index contributed by atoms with van der Waals surface area (Å²) in [5, 5.41) is 15.2. The smallest absolute Gasteiger partial charge is 0.326 e. The number of aromatic nitrogens is 2. The van der Waals surface area contributed by atoms with Crippen LogP contribution in [0.3, 0.4) is 0 Å². The minimum Gasteiger partial charge on any atom is -0.480 e. The lowest BCUT2D eigenvalue weighted by Crippen LogP contribution is -2.50. The number of carbonyl (C=O) groups is 2. The predicted octanol–water partition coefficient (Wildman–Crippen LogP) is 5.55. The molecule has 1 aromatic heterocycles. The van der Waals surface area contributed by atoms with Crippen molar-refractivity contribution in [3.05, 3.63) is 53.9 Å². The molecule has 0 bridgehead atoms. The highest BCUT2D eigenvalue weighted by molar-refractivity contribution is 8.01. The van der Waals surface area contributed by atoms with Crippen LogP contribution in [0, 0.1) is 12.8 Å². The molecule has 0 unspecified atom stereocenters. The Bertz CT molecular complexity index is 1180. The summed E-state index contributed by atoms with van der Waals surface area (Å²) in [7, 11) is 0. The van der Waals surface area contributed by atoms with Crippen LogP contribution in [0.25, 0.3) is 16.5 Å². The molecule has 1 heterocycles. The SMILES string of the molecule is Cc1cnc(SC(C)(C)C(=O)N[C@@H](C(=O)O)C(C)C)n1-c1ccc(C(C)C)c2ccccc12. The van der Waals surface area contributed by atoms with Crippen LogP contribution in [0.15, 0.2) is 47.8 Å². The molecule has 0 spiro atoms. The summed E-state index contributed by atoms with van der Waals surface area (Å²) < 4.78 is 1.15. The summed E-state index contributed by atoms with van der Waals surface area (Å²) in [6.45, 7) is 13.5. The summed E-state index contributed by atoms with van der Waals surface area (Å²) in [6.07, 6.45) is 1.80. The molecule has 0 saturated carbocycles. The number of rotatable bonds is 8. The van der Waals surface area contributed by atoms with E-state index in [9.17, 15) is 14.7 Å². The van der Waals surface area contributed by atoms with Crippen LogP contribution < -0.4 is 5.32 Å². The van der Waals surface area contributed by atoms with Gasteiger partial charge in [-0.1, -0.05) is 69.8 Å². The quantitative estimate of drug-likeness (QED) is 0.424. The molecule has 0 saturated heterocycles. The molecule has 7 heteroatoms. The Hall–Kier alpha value is -2.80. The topological polar surface area (TPSA) is 84.2 Å². The molecule has 0 aliphatic rings. The van der Waals surface area contributed by atoms with Crippen molar-refractivity contribution in [2.75, 3.05) is 0 Å². The molecule has 3 aromatic rings. The average Bonchev–Trinajstić information content (AvgIpc) is 3.09. The van der Waals surface area contributed by atoms with Gasteiger partial charge in [-0.2, -0.15) is 0 Å². The van der Waals surface area contributed by atoms with Crippen molar-refractivity contribution in [3.8, 4) is 5.69 Å². The minimum atomic E-state index is -1.03. The molecule has 1 atom stereocenters. The maximum Gasteiger partial charge on any atom is 0.326 e. The minimum absolute atomic E-state index is 0.220. The molecule has 1 amide bonds. The van der Waals surface area contributed by atoms with Crippen molar-refractivity contribution in [1.29, 1.82) is 0 Å². The second-order valence-electron chi connectivity index (χ2n) is 9.54. The van der Waals surface area contributed by atoms with Crippen molar-refractivity contribution < 1.29 is 14.7 Å². The first-order valence-electron chi connectivity index (χ1n) is 11.2. The standard InChI is InChI=1S/C26H33N3O3S/c1-15(2)18-12-13-21(20-11-9-8-10-19(18)20)29-17(5)14-27-25(29)33-26(6,7)24(32)28-22(16(3)4)23(30)31/h8-16,22H,1-7H3,(H,28,32)(H,30,31)/t22-/m1/s1. The van der Waals surface area contributed by atoms with Gasteiger partial charge in [-0.25, -0.2) is 9.78 Å². The van der Waals surface area contributed by atoms with Gasteiger partial charge in [0.25, 0.3) is 0 Å². The number of benzene rings is 2. The highest BCUT2D eigenvalue weighted by Gasteiger charge is 2.35. The zero-order chi connectivity index (χ0) is 24.5. The summed E-state index contributed by atoms with van der Waals surface area (Å²) in [6, 6.07) is 11.7. The molecule has 3 rings (SSSR count). The normalized spacial score (nSPS) is 13.0. The first-order valence-corrected chi connectivity index (χ1v) is 12.0. The number of imidazole rings is 1. The number of nitrogens with zero attached hydrogens (tertiary/aromatic N) is 2. The zero-order valence-corrected chi connectivity index (χ0v) is 21.2. The third kappa shape index (κ3) is 5.08. The van der Waals surface area contributed by atoms with E-state index in [4.69, 9.17) is 0 Å². The van der Waals surface area contributed by atoms with E-state index in [1.54, 1.807) is 33.9 Å². The van der Waals surface area contributed by atoms with E-state index in [0.29, 0.717) is 11.1 Å². The van der Waals surface area contributed by atoms with Gasteiger partial charge in [-0.15, -0.1) is 0 Å². The highest BCUT2D eigenvalue weighted by atomic mass is 32.2. The number of carbonyl (C=O) groups excluding carboxylic acids is 1. The molecule has 2 N–H and O–H groups in total. The van der Waals surface area contributed by atoms with E-state index < -0.39 is 16.8 Å². The van der Waals surface area contributed by atoms with Crippen LogP contribution in [-0.4, -0.2) is 37.3 Å². The molecule has 2 aromatic carbocycles. The van der Waals surface area contributed by atoms with Crippen molar-refractivity contribution in [3.63, 3.8) is 0 Å². The zero-order valence-electron chi connectivity index (χ0n) is 20.3. The van der Waals surface area contributed by atoms with Crippen LogP contribution >= 0.6 is 11.8 Å². The third-order valence-electron chi connectivity index (χ3n) is 5.82. The summed E-state index contributed by atoms with van der Waals surface area (Å²) in [5.74, 6) is -1.19. The van der Waals surface area contributed by atoms with E-state index in [1.165, 1.54) is 22.7 Å². The van der Waals surface area contributed by atoms with Gasteiger partial charge in [0.1, 0.15) is 6.04 Å². The highest BCUT2D eigenvalue weighted by Crippen LogP contribution is 2.37. The molecule has 0 aliphatic carbocycles. The Morgan fingerprint density at radius 3 is 2.27 bits per heavy atom. The maximum absolute atomic E-state index is 13.0. The molecule has 6 nitrogen and oxygen atoms in total. The van der Waals surface area contributed by atoms with E-state index in [0.717, 1.165) is 16.8 Å². The maximum atomic E-state index is 13.0. The van der Waals surface area contributed by atoms with Crippen LogP contribution in [0.1, 0.15) is 58.7 Å². The number of nitrogens with one attached hydrogen (secondary N) is 1. The summed E-state index contributed by atoms with van der Waals surface area (Å²) in [5.41, 5.74) is 3.26. The van der Waals surface area contributed by atoms with Crippen molar-refractivity contribution in [2.45, 2.75) is 70.3 Å². The van der Waals surface area contributed by atoms with E-state index in [-0.39, 0.29) is 11.8 Å². The van der Waals surface area contributed by atoms with Crippen molar-refractivity contribution in [1.82, 2.24) is 14.9 Å². The van der Waals surface area contributed by atoms with Gasteiger partial charge in [0.15, 0.2) is 5.16 Å². The van der Waals surface area contributed by atoms with Gasteiger partial charge in [0.2, 0.25) is 5.91 Å². The largest absolute Gasteiger partial charge is 0.480 e. The van der Waals surface area contributed by atoms with Gasteiger partial charge in [0, 0.05) is 17.3 Å². The van der Waals surface area contributed by atoms with Gasteiger partial charge < -0.3 is 10.4 Å². The fourth-order valence-electron chi connectivity index (χ4n) is 3.89. The molecule has 0 radical (unpaired) electrons. The Morgan fingerprint density at radius 1 is 1.06 bits per heavy atom. The molecule has 176 valence electrons. The summed E-state index contributed by atoms with van der Waals surface area (Å²) >= 11 is 1.33. The van der Waals surface area contributed by atoms with Crippen LogP contribution in [0.5, 0.6) is 0 Å². The lowest BCUT2D eigenvalue weighted by atomic mass is 9.95. The number of aliphatic carboxylic acids is 1. The predicted molar refractivity (Wildman–Crippen MR) is 134 cm³/mol. The second kappa shape index (κ2) is 9.59. The Labute approximate surface area is 199 Å². The van der Waals surface area contributed by atoms with E-state index in [2.05, 4.69) is 59.0 Å². The fourth-order valence-corrected chi connectivity index (χ4v) is 4.94. The van der Waals surface area contributed by atoms with Crippen molar-refractivity contribution >= 4 is 34.4 Å². The van der Waals surface area contributed by atoms with Gasteiger partial charge in [0.05, 0.1) is 10.4 Å². The number of aryl methyl sites for hydroxylation is 1. The number of fused-ring (bicyclic) bond motifs is 1. The Kier molecular flexibility index (Phi) is 7.22. The first kappa shape index (κ1) is 24.8. The lowest BCUT2D eigenvalue weighted by molar-refractivity contribution is -0.143. The molecule has 0 aliphatic heterocycles. The van der Waals surface area contributed by atoms with Crippen LogP contribution in [0.4, 0.5) is 0 Å². The van der Waals surface area contributed by atoms with Gasteiger partial charge in [-0.3, -0.25) is 9.36 Å². The number of hydrogen-bond acceptors (Lipinski definition) is 4. The third-order valence-corrected chi connectivity index (χ3v) is 6.98. The summed E-state index contributed by atoms with van der Waals surface area (Å²) in [4.78, 5) is 29.2. The Balaban J connectivity index is 2.01. The fraction of sp³-hybridized carbons (Fsp3) is 0.423. The first-order chi connectivity index (χ1) is 15.4. The van der Waals surface area contributed by atoms with Crippen LogP contribution in [-0.2, 0) is 9.59 Å². The number of carboxylic acid groups (broad SMARTS) is 1. The monoisotopic (exact) mass is 467 g/mol. The molecule has 0 fully saturated rings. The number of hydrogen-bond donors (Lipinski definition) is 2. The molecule has 33 heavy (non-hydrogen) atoms. The number of amides is 1. The Morgan fingerprint density at radius 2 is 1.70 bits per heavy atom. The lowest BCUT2D eigenvalue weighted by Gasteiger charge is -2.27. The number of thioether (sulfide) groups is 1. The van der Waals surface area contributed by atoms with Gasteiger partial charge in [-0.05, 0) is 49.6 Å². The van der Waals surface area contributed by atoms with Crippen molar-refractivity contribution in [2.24, 2.45) is 5.92 Å². The van der Waals surface area contributed by atoms with Crippen LogP contribution in [0.2, 0.25) is 0 Å². The van der Waals surface area contributed by atoms with E-state index in [1.807, 2.05) is 13.0 Å². The molecular weight excluding hydrogens is 434 g/mol. The van der Waals surface area contributed by atoms with Gasteiger partial charge >= 0.3 is 5.97 Å². The number of carboxylic acids is 1.